The average Bonchev–Trinajstić information content (AvgIpc) is 3.40. The molecule has 2 N–H and O–H groups in total. The van der Waals surface area contributed by atoms with E-state index in [0.717, 1.165) is 109 Å². The Balaban J connectivity index is 5.22. The van der Waals surface area contributed by atoms with Crippen LogP contribution in [0.25, 0.3) is 0 Å². The Morgan fingerprint density at radius 3 is 1.23 bits per heavy atom. The third kappa shape index (κ3) is 58.1. The number of rotatable bonds is 59. The highest BCUT2D eigenvalue weighted by Crippen LogP contribution is 2.43. The lowest BCUT2D eigenvalue weighted by molar-refractivity contribution is -0.870. The van der Waals surface area contributed by atoms with Crippen LogP contribution < -0.4 is 5.32 Å². The molecule has 0 aliphatic carbocycles. The smallest absolute Gasteiger partial charge is 0.456 e. The van der Waals surface area contributed by atoms with Crippen LogP contribution in [0.1, 0.15) is 297 Å². The molecule has 0 bridgehead atoms. The van der Waals surface area contributed by atoms with Crippen molar-refractivity contribution >= 4 is 19.7 Å². The van der Waals surface area contributed by atoms with E-state index in [0.29, 0.717) is 17.4 Å². The first kappa shape index (κ1) is 75.5. The van der Waals surface area contributed by atoms with Crippen LogP contribution in [-0.2, 0) is 27.9 Å². The Bertz CT molecular complexity index is 1570. The summed E-state index contributed by atoms with van der Waals surface area (Å²) in [6.07, 6.45) is 74.7. The van der Waals surface area contributed by atoms with Crippen molar-refractivity contribution < 1.29 is 37.3 Å². The van der Waals surface area contributed by atoms with Crippen LogP contribution in [0.2, 0.25) is 0 Å². The van der Waals surface area contributed by atoms with Gasteiger partial charge >= 0.3 is 13.8 Å². The van der Waals surface area contributed by atoms with E-state index in [1.165, 1.54) is 154 Å². The van der Waals surface area contributed by atoms with E-state index in [1.807, 2.05) is 33.3 Å². The Morgan fingerprint density at radius 1 is 0.462 bits per heavy atom. The average molecular weight is 1110 g/mol. The summed E-state index contributed by atoms with van der Waals surface area (Å²) in [5, 5.41) is 3.05. The van der Waals surface area contributed by atoms with Crippen LogP contribution in [0.15, 0.2) is 72.9 Å². The maximum absolute atomic E-state index is 13.6. The summed E-state index contributed by atoms with van der Waals surface area (Å²) in [5.74, 6) is -0.519. The van der Waals surface area contributed by atoms with Gasteiger partial charge in [0.1, 0.15) is 19.3 Å². The maximum Gasteiger partial charge on any atom is 0.472 e. The van der Waals surface area contributed by atoms with Gasteiger partial charge in [0.05, 0.1) is 33.8 Å². The molecule has 0 aromatic rings. The Labute approximate surface area is 483 Å². The van der Waals surface area contributed by atoms with Gasteiger partial charge in [-0.25, -0.2) is 4.57 Å². The first-order valence-electron chi connectivity index (χ1n) is 32.8. The number of esters is 1. The summed E-state index contributed by atoms with van der Waals surface area (Å²) in [6, 6.07) is -0.860. The third-order valence-corrected chi connectivity index (χ3v) is 15.4. The van der Waals surface area contributed by atoms with Gasteiger partial charge in [0, 0.05) is 12.8 Å². The molecule has 0 aliphatic rings. The number of likely N-dealkylation sites (N-methyl/N-ethyl adjacent to an activating group) is 1. The van der Waals surface area contributed by atoms with Crippen molar-refractivity contribution in [2.75, 3.05) is 40.9 Å². The summed E-state index contributed by atoms with van der Waals surface area (Å²) in [6.45, 7) is 6.91. The molecule has 454 valence electrons. The molecule has 0 saturated carbocycles. The van der Waals surface area contributed by atoms with Gasteiger partial charge in [-0.2, -0.15) is 0 Å². The van der Waals surface area contributed by atoms with Crippen molar-refractivity contribution in [3.05, 3.63) is 72.9 Å². The molecule has 0 saturated heterocycles. The van der Waals surface area contributed by atoms with E-state index in [2.05, 4.69) is 86.8 Å². The molecule has 0 spiro atoms. The van der Waals surface area contributed by atoms with E-state index < -0.39 is 20.0 Å². The molecule has 0 aromatic carbocycles. The number of nitrogens with one attached hydrogen (secondary N) is 1. The summed E-state index contributed by atoms with van der Waals surface area (Å²) in [5.41, 5.74) is 0. The predicted octanol–water partition coefficient (Wildman–Crippen LogP) is 20.4. The number of hydrogen-bond acceptors (Lipinski definition) is 6. The lowest BCUT2D eigenvalue weighted by Crippen LogP contribution is -2.47. The van der Waals surface area contributed by atoms with E-state index in [1.54, 1.807) is 0 Å². The molecule has 9 nitrogen and oxygen atoms in total. The van der Waals surface area contributed by atoms with E-state index in [9.17, 15) is 19.0 Å². The van der Waals surface area contributed by atoms with Crippen LogP contribution in [0.4, 0.5) is 0 Å². The molecule has 10 heteroatoms. The zero-order chi connectivity index (χ0) is 57.2. The molecule has 0 fully saturated rings. The number of hydrogen-bond donors (Lipinski definition) is 2. The number of ether oxygens (including phenoxy) is 1. The lowest BCUT2D eigenvalue weighted by atomic mass is 10.0. The fourth-order valence-corrected chi connectivity index (χ4v) is 10.1. The second-order valence-electron chi connectivity index (χ2n) is 23.3. The van der Waals surface area contributed by atoms with Crippen molar-refractivity contribution in [3.63, 3.8) is 0 Å². The zero-order valence-corrected chi connectivity index (χ0v) is 52.8. The molecule has 0 aliphatic heterocycles. The van der Waals surface area contributed by atoms with E-state index in [-0.39, 0.29) is 31.5 Å². The van der Waals surface area contributed by atoms with Gasteiger partial charge in [0.15, 0.2) is 0 Å². The number of carbonyl (C=O) groups is 2. The first-order chi connectivity index (χ1) is 37.9. The number of phosphoric acid groups is 1. The third-order valence-electron chi connectivity index (χ3n) is 14.4. The molecule has 0 radical (unpaired) electrons. The number of nitrogens with zero attached hydrogens (tertiary/aromatic N) is 1. The van der Waals surface area contributed by atoms with Crippen LogP contribution in [0, 0.1) is 0 Å². The molecular formula is C68H126N2O7P+. The summed E-state index contributed by atoms with van der Waals surface area (Å²) < 4.78 is 30.7. The van der Waals surface area contributed by atoms with Gasteiger partial charge in [-0.05, 0) is 76.7 Å². The minimum Gasteiger partial charge on any atom is -0.456 e. The molecule has 3 unspecified atom stereocenters. The Hall–Kier alpha value is -2.55. The van der Waals surface area contributed by atoms with Crippen LogP contribution in [0.5, 0.6) is 0 Å². The van der Waals surface area contributed by atoms with Crippen molar-refractivity contribution in [1.82, 2.24) is 5.32 Å². The molecule has 3 atom stereocenters. The summed E-state index contributed by atoms with van der Waals surface area (Å²) >= 11 is 0. The van der Waals surface area contributed by atoms with Gasteiger partial charge in [-0.3, -0.25) is 18.6 Å². The van der Waals surface area contributed by atoms with Crippen molar-refractivity contribution in [1.29, 1.82) is 0 Å². The minimum atomic E-state index is -4.46. The monoisotopic (exact) mass is 1110 g/mol. The number of carbonyl (C=O) groups excluding carboxylic acids is 2. The predicted molar refractivity (Wildman–Crippen MR) is 337 cm³/mol. The number of quaternary nitrogens is 1. The first-order valence-corrected chi connectivity index (χ1v) is 34.3. The second-order valence-corrected chi connectivity index (χ2v) is 24.7. The normalized spacial score (nSPS) is 14.1. The van der Waals surface area contributed by atoms with E-state index in [4.69, 9.17) is 13.8 Å². The van der Waals surface area contributed by atoms with Crippen LogP contribution in [-0.4, -0.2) is 74.3 Å². The van der Waals surface area contributed by atoms with Gasteiger partial charge in [-0.1, -0.05) is 280 Å². The molecule has 0 heterocycles. The molecule has 0 rings (SSSR count). The zero-order valence-electron chi connectivity index (χ0n) is 51.9. The highest BCUT2D eigenvalue weighted by molar-refractivity contribution is 7.47. The molecule has 0 aromatic heterocycles. The lowest BCUT2D eigenvalue weighted by Gasteiger charge is -2.27. The SMILES string of the molecule is CC/C=C\C/C=C\C/C=C\C/C=C\C/C=C\CCCCCCCC(=O)NC(COP(=O)(O)OCC[N+](C)(C)C)C(/C=C/CCCCCCCCCCCC)OC(=O)CCCCCCCCCCCCCCCCCCCCC. The number of amides is 1. The quantitative estimate of drug-likeness (QED) is 0.0205. The Morgan fingerprint density at radius 2 is 0.821 bits per heavy atom. The fourth-order valence-electron chi connectivity index (χ4n) is 9.38. The fraction of sp³-hybridized carbons (Fsp3) is 0.794. The summed E-state index contributed by atoms with van der Waals surface area (Å²) in [7, 11) is 1.48. The molecular weight excluding hydrogens is 988 g/mol. The topological polar surface area (TPSA) is 111 Å². The summed E-state index contributed by atoms with van der Waals surface area (Å²) in [4.78, 5) is 37.8. The van der Waals surface area contributed by atoms with Gasteiger partial charge < -0.3 is 19.4 Å². The van der Waals surface area contributed by atoms with Crippen LogP contribution >= 0.6 is 7.82 Å². The Kier molecular flexibility index (Phi) is 55.8. The van der Waals surface area contributed by atoms with Gasteiger partial charge in [0.25, 0.3) is 0 Å². The number of unbranched alkanes of at least 4 members (excludes halogenated alkanes) is 33. The van der Waals surface area contributed by atoms with Crippen molar-refractivity contribution in [2.45, 2.75) is 309 Å². The largest absolute Gasteiger partial charge is 0.472 e. The number of phosphoric ester groups is 1. The number of allylic oxidation sites excluding steroid dienone is 11. The molecule has 1 amide bonds. The highest BCUT2D eigenvalue weighted by Gasteiger charge is 2.30. The minimum absolute atomic E-state index is 0.0350. The highest BCUT2D eigenvalue weighted by atomic mass is 31.2. The van der Waals surface area contributed by atoms with Crippen molar-refractivity contribution in [3.8, 4) is 0 Å². The molecule has 78 heavy (non-hydrogen) atoms. The van der Waals surface area contributed by atoms with Crippen molar-refractivity contribution in [2.24, 2.45) is 0 Å². The standard InChI is InChI=1S/C68H125N2O7P/c1-7-10-13-16-19-22-25-28-30-32-34-35-37-38-40-42-45-48-51-54-57-60-67(71)69-65(64-76-78(73,74)75-63-62-70(4,5)6)66(59-56-53-50-47-44-27-24-21-18-15-12-9-3)77-68(72)61-58-55-52-49-46-43-41-39-36-33-31-29-26-23-20-17-14-11-8-2/h10,13,19,22,28,30,34-35,38,40,56,59,65-66H,7-9,11-12,14-18,20-21,23-27,29,31-33,36-37,39,41-55,57-58,60-64H2,1-6H3,(H-,69,71,73,74)/p+1/b13-10-,22-19-,30-28-,35-34-,40-38-,59-56+. The van der Waals surface area contributed by atoms with Crippen LogP contribution in [0.3, 0.4) is 0 Å². The van der Waals surface area contributed by atoms with Gasteiger partial charge in [0.2, 0.25) is 5.91 Å². The second kappa shape index (κ2) is 57.7. The maximum atomic E-state index is 13.6. The van der Waals surface area contributed by atoms with Gasteiger partial charge in [-0.15, -0.1) is 0 Å². The van der Waals surface area contributed by atoms with E-state index >= 15 is 0 Å².